The predicted octanol–water partition coefficient (Wildman–Crippen LogP) is -0.790. The van der Waals surface area contributed by atoms with Crippen molar-refractivity contribution in [2.24, 2.45) is 5.92 Å². The van der Waals surface area contributed by atoms with Gasteiger partial charge in [0.15, 0.2) is 10.8 Å². The molecule has 1 aromatic rings. The van der Waals surface area contributed by atoms with Crippen LogP contribution in [0.2, 0.25) is 0 Å². The molecule has 176 valence electrons. The Morgan fingerprint density at radius 2 is 2.00 bits per heavy atom. The number of nitrogens with zero attached hydrogens (tertiary/aromatic N) is 2. The van der Waals surface area contributed by atoms with Crippen molar-refractivity contribution in [2.75, 3.05) is 5.73 Å². The average Bonchev–Trinajstić information content (AvgIpc) is 3.18. The third-order valence-electron chi connectivity index (χ3n) is 7.26. The van der Waals surface area contributed by atoms with Crippen LogP contribution in [0.5, 0.6) is 0 Å². The number of amides is 2. The molecule has 0 bridgehead atoms. The summed E-state index contributed by atoms with van der Waals surface area (Å²) in [6.45, 7) is 3.50. The van der Waals surface area contributed by atoms with Gasteiger partial charge in [-0.25, -0.2) is 4.98 Å². The van der Waals surface area contributed by atoms with E-state index in [2.05, 4.69) is 15.7 Å². The molecule has 2 amide bonds. The summed E-state index contributed by atoms with van der Waals surface area (Å²) in [7, 11) is 0. The second-order valence-corrected chi connectivity index (χ2v) is 12.4. The molecule has 3 N–H and O–H groups in total. The molecule has 4 rings (SSSR count). The van der Waals surface area contributed by atoms with Crippen molar-refractivity contribution in [2.45, 2.75) is 93.3 Å². The number of thiazole rings is 1. The van der Waals surface area contributed by atoms with Crippen LogP contribution in [0.1, 0.15) is 83.2 Å². The molecule has 3 heterocycles. The van der Waals surface area contributed by atoms with Gasteiger partial charge < -0.3 is 25.9 Å². The van der Waals surface area contributed by atoms with Crippen LogP contribution in [-0.4, -0.2) is 43.5 Å². The monoisotopic (exact) mass is 502 g/mol. The molecular formula is C22H31N4NaO4S2. The summed E-state index contributed by atoms with van der Waals surface area (Å²) in [5.74, 6) is -1.20. The Morgan fingerprint density at radius 1 is 1.27 bits per heavy atom. The summed E-state index contributed by atoms with van der Waals surface area (Å²) in [6, 6.07) is 0. The number of β-lactam (4-membered cyclic amide) rings is 1. The number of rotatable bonds is 6. The Morgan fingerprint density at radius 3 is 2.64 bits per heavy atom. The zero-order valence-corrected chi connectivity index (χ0v) is 23.2. The topological polar surface area (TPSA) is 128 Å². The summed E-state index contributed by atoms with van der Waals surface area (Å²) >= 11 is 2.88. The van der Waals surface area contributed by atoms with Crippen molar-refractivity contribution >= 4 is 46.0 Å². The second-order valence-electron chi connectivity index (χ2n) is 9.67. The summed E-state index contributed by atoms with van der Waals surface area (Å²) in [5.41, 5.74) is 5.08. The third-order valence-corrected chi connectivity index (χ3v) is 9.49. The minimum absolute atomic E-state index is 0. The molecule has 0 radical (unpaired) electrons. The molecule has 2 saturated heterocycles. The normalized spacial score (nSPS) is 30.9. The standard InChI is InChI=1S/C22H32N4O4S2.Na/c1-21(2)22(19(29)30,26-17(28)11-18(26)32-21)25-16(27)10-8-13-5-3-4-6-14(9-7-13)15-12-31-20(23)24-15;/h12-14,18H,3-11H2,1-2H3,(H2,23,24)(H,25,27)(H,29,30);/q;+1/p-1/t13?,14-,18+,22-;/m0./s1. The number of carbonyl (C=O) groups is 3. The van der Waals surface area contributed by atoms with Crippen molar-refractivity contribution in [1.29, 1.82) is 0 Å². The van der Waals surface area contributed by atoms with Crippen LogP contribution >= 0.6 is 23.1 Å². The minimum atomic E-state index is -1.80. The molecule has 1 saturated carbocycles. The summed E-state index contributed by atoms with van der Waals surface area (Å²) < 4.78 is -0.874. The number of carboxylic acids is 1. The van der Waals surface area contributed by atoms with Gasteiger partial charge in [0.2, 0.25) is 11.8 Å². The average molecular weight is 503 g/mol. The first-order chi connectivity index (χ1) is 15.1. The van der Waals surface area contributed by atoms with Crippen LogP contribution in [0, 0.1) is 5.92 Å². The van der Waals surface area contributed by atoms with Crippen LogP contribution in [0.4, 0.5) is 5.13 Å². The van der Waals surface area contributed by atoms with Gasteiger partial charge in [0.05, 0.1) is 28.2 Å². The molecule has 11 heteroatoms. The van der Waals surface area contributed by atoms with Crippen molar-refractivity contribution in [1.82, 2.24) is 15.2 Å². The molecule has 1 unspecified atom stereocenters. The minimum Gasteiger partial charge on any atom is -0.545 e. The van der Waals surface area contributed by atoms with Gasteiger partial charge >= 0.3 is 29.6 Å². The maximum absolute atomic E-state index is 12.9. The number of nitrogens with two attached hydrogens (primary N) is 1. The Kier molecular flexibility index (Phi) is 8.47. The largest absolute Gasteiger partial charge is 1.00 e. The molecule has 1 aromatic heterocycles. The number of hydrogen-bond donors (Lipinski definition) is 2. The first-order valence-electron chi connectivity index (χ1n) is 11.4. The van der Waals surface area contributed by atoms with E-state index in [4.69, 9.17) is 5.73 Å². The number of aromatic nitrogens is 1. The van der Waals surface area contributed by atoms with E-state index >= 15 is 0 Å². The second kappa shape index (κ2) is 10.4. The molecule has 0 aromatic carbocycles. The van der Waals surface area contributed by atoms with Gasteiger partial charge in [0.25, 0.3) is 0 Å². The first kappa shape index (κ1) is 26.8. The van der Waals surface area contributed by atoms with E-state index in [9.17, 15) is 19.5 Å². The fraction of sp³-hybridized carbons (Fsp3) is 0.727. The van der Waals surface area contributed by atoms with E-state index in [1.54, 1.807) is 13.8 Å². The van der Waals surface area contributed by atoms with E-state index in [1.165, 1.54) is 28.0 Å². The molecule has 3 aliphatic rings. The zero-order chi connectivity index (χ0) is 23.1. The van der Waals surface area contributed by atoms with E-state index in [-0.39, 0.29) is 53.2 Å². The summed E-state index contributed by atoms with van der Waals surface area (Å²) in [4.78, 5) is 43.1. The van der Waals surface area contributed by atoms with Crippen molar-refractivity contribution in [3.63, 3.8) is 0 Å². The number of thioether (sulfide) groups is 1. The maximum atomic E-state index is 12.9. The number of carboxylic acid groups (broad SMARTS) is 1. The molecule has 3 fully saturated rings. The number of anilines is 1. The van der Waals surface area contributed by atoms with Crippen LogP contribution in [-0.2, 0) is 14.4 Å². The Bertz CT molecular complexity index is 911. The zero-order valence-electron chi connectivity index (χ0n) is 19.6. The number of nitrogen functional groups attached to an aromatic ring is 1. The fourth-order valence-corrected chi connectivity index (χ4v) is 7.76. The molecule has 0 spiro atoms. The van der Waals surface area contributed by atoms with Crippen molar-refractivity contribution in [3.05, 3.63) is 11.1 Å². The Hall–Kier alpha value is -0.810. The van der Waals surface area contributed by atoms with Crippen LogP contribution in [0.25, 0.3) is 0 Å². The molecule has 2 aliphatic heterocycles. The maximum Gasteiger partial charge on any atom is 1.00 e. The van der Waals surface area contributed by atoms with Gasteiger partial charge in [-0.1, -0.05) is 19.3 Å². The number of aliphatic carboxylic acids is 1. The van der Waals surface area contributed by atoms with Gasteiger partial charge in [-0.15, -0.1) is 23.1 Å². The van der Waals surface area contributed by atoms with Crippen molar-refractivity contribution < 1.29 is 49.0 Å². The number of fused-ring (bicyclic) bond motifs is 1. The van der Waals surface area contributed by atoms with Gasteiger partial charge in [0.1, 0.15) is 0 Å². The van der Waals surface area contributed by atoms with E-state index in [1.807, 2.05) is 0 Å². The van der Waals surface area contributed by atoms with Gasteiger partial charge in [0, 0.05) is 17.7 Å². The number of hydrogen-bond acceptors (Lipinski definition) is 8. The number of carbonyl (C=O) groups excluding carboxylic acids is 3. The Balaban J connectivity index is 0.00000306. The van der Waals surface area contributed by atoms with Crippen LogP contribution in [0.15, 0.2) is 5.38 Å². The fourth-order valence-electron chi connectivity index (χ4n) is 5.43. The summed E-state index contributed by atoms with van der Waals surface area (Å²) in [5, 5.41) is 17.4. The quantitative estimate of drug-likeness (QED) is 0.385. The Labute approximate surface area is 225 Å². The third kappa shape index (κ3) is 5.10. The smallest absolute Gasteiger partial charge is 0.545 e. The van der Waals surface area contributed by atoms with Gasteiger partial charge in [-0.05, 0) is 45.4 Å². The van der Waals surface area contributed by atoms with E-state index in [0.717, 1.165) is 44.2 Å². The van der Waals surface area contributed by atoms with E-state index < -0.39 is 16.4 Å². The van der Waals surface area contributed by atoms with Gasteiger partial charge in [-0.2, -0.15) is 0 Å². The van der Waals surface area contributed by atoms with Gasteiger partial charge in [-0.3, -0.25) is 9.59 Å². The van der Waals surface area contributed by atoms with Crippen molar-refractivity contribution in [3.8, 4) is 0 Å². The van der Waals surface area contributed by atoms with E-state index in [0.29, 0.717) is 29.8 Å². The molecule has 8 nitrogen and oxygen atoms in total. The van der Waals surface area contributed by atoms with Crippen LogP contribution < -0.4 is 45.7 Å². The first-order valence-corrected chi connectivity index (χ1v) is 13.1. The van der Waals surface area contributed by atoms with Crippen LogP contribution in [0.3, 0.4) is 0 Å². The molecule has 4 atom stereocenters. The number of nitrogens with one attached hydrogen (secondary N) is 1. The molecular weight excluding hydrogens is 471 g/mol. The predicted molar refractivity (Wildman–Crippen MR) is 122 cm³/mol. The summed E-state index contributed by atoms with van der Waals surface area (Å²) in [6.07, 6.45) is 7.68. The SMILES string of the molecule is CC1(C)S[C@@H]2CC(=O)N2[C@@]1(NC(=O)CCC1CCCC[C@H](c2csc(N)n2)CC1)C(=O)[O-].[Na+]. The molecule has 1 aliphatic carbocycles. The molecule has 33 heavy (non-hydrogen) atoms.